The molecule has 0 amide bonds. The lowest BCUT2D eigenvalue weighted by molar-refractivity contribution is 0.122. The topological polar surface area (TPSA) is 15.6 Å². The van der Waals surface area contributed by atoms with Crippen molar-refractivity contribution in [3.8, 4) is 0 Å². The number of hydrogen-bond donors (Lipinski definition) is 0. The number of aliphatic imine (C=N–C) groups is 1. The Hall–Kier alpha value is -1.15. The number of hydrogen-bond acceptors (Lipinski definition) is 2. The van der Waals surface area contributed by atoms with Gasteiger partial charge in [0.1, 0.15) is 0 Å². The minimum atomic E-state index is 0.313. The third-order valence-electron chi connectivity index (χ3n) is 5.82. The first-order valence-electron chi connectivity index (χ1n) is 7.29. The van der Waals surface area contributed by atoms with Gasteiger partial charge in [0.15, 0.2) is 0 Å². The van der Waals surface area contributed by atoms with Crippen molar-refractivity contribution < 1.29 is 0 Å². The minimum Gasteiger partial charge on any atom is -0.299 e. The predicted octanol–water partition coefficient (Wildman–Crippen LogP) is 2.90. The van der Waals surface area contributed by atoms with Gasteiger partial charge in [-0.3, -0.25) is 9.89 Å². The Morgan fingerprint density at radius 2 is 2.17 bits per heavy atom. The maximum atomic E-state index is 5.02. The van der Waals surface area contributed by atoms with Gasteiger partial charge in [0.05, 0.1) is 11.1 Å². The van der Waals surface area contributed by atoms with Crippen molar-refractivity contribution >= 4 is 11.4 Å². The third kappa shape index (κ3) is 0.947. The Morgan fingerprint density at radius 3 is 3.17 bits per heavy atom. The maximum Gasteiger partial charge on any atom is 0.0671 e. The van der Waals surface area contributed by atoms with E-state index in [0.29, 0.717) is 5.41 Å². The van der Waals surface area contributed by atoms with E-state index in [4.69, 9.17) is 4.99 Å². The SMILES string of the molecule is c1ccc2c(c1)N=C1C[C@@H]3CCN4CC[C@@]12[C@@H]4C3. The zero-order valence-electron chi connectivity index (χ0n) is 10.6. The summed E-state index contributed by atoms with van der Waals surface area (Å²) in [6.45, 7) is 2.61. The van der Waals surface area contributed by atoms with Crippen molar-refractivity contribution in [2.75, 3.05) is 13.1 Å². The van der Waals surface area contributed by atoms with Gasteiger partial charge in [0, 0.05) is 11.8 Å². The van der Waals surface area contributed by atoms with Crippen LogP contribution < -0.4 is 0 Å². The fourth-order valence-corrected chi connectivity index (χ4v) is 5.04. The lowest BCUT2D eigenvalue weighted by Gasteiger charge is -2.47. The van der Waals surface area contributed by atoms with Gasteiger partial charge in [-0.05, 0) is 56.3 Å². The zero-order chi connectivity index (χ0) is 11.7. The van der Waals surface area contributed by atoms with Crippen LogP contribution in [0, 0.1) is 5.92 Å². The third-order valence-corrected chi connectivity index (χ3v) is 5.82. The second kappa shape index (κ2) is 3.05. The molecule has 4 aliphatic rings. The first kappa shape index (κ1) is 9.74. The Kier molecular flexibility index (Phi) is 1.65. The first-order chi connectivity index (χ1) is 8.88. The van der Waals surface area contributed by atoms with Crippen LogP contribution in [0.15, 0.2) is 29.3 Å². The van der Waals surface area contributed by atoms with E-state index in [2.05, 4.69) is 29.2 Å². The summed E-state index contributed by atoms with van der Waals surface area (Å²) in [5.74, 6) is 0.908. The van der Waals surface area contributed by atoms with Gasteiger partial charge < -0.3 is 0 Å². The summed E-state index contributed by atoms with van der Waals surface area (Å²) < 4.78 is 0. The molecule has 1 saturated carbocycles. The van der Waals surface area contributed by atoms with Gasteiger partial charge in [0.25, 0.3) is 0 Å². The van der Waals surface area contributed by atoms with Crippen molar-refractivity contribution in [2.24, 2.45) is 10.9 Å². The molecule has 1 aromatic carbocycles. The van der Waals surface area contributed by atoms with Crippen LogP contribution in [0.1, 0.15) is 31.2 Å². The fourth-order valence-electron chi connectivity index (χ4n) is 5.04. The van der Waals surface area contributed by atoms with E-state index in [1.54, 1.807) is 0 Å². The van der Waals surface area contributed by atoms with Crippen molar-refractivity contribution in [1.29, 1.82) is 0 Å². The Bertz CT molecular complexity index is 562. The molecule has 3 fully saturated rings. The fraction of sp³-hybridized carbons (Fsp3) is 0.562. The molecule has 0 radical (unpaired) electrons. The van der Waals surface area contributed by atoms with Crippen molar-refractivity contribution in [1.82, 2.24) is 4.90 Å². The highest BCUT2D eigenvalue weighted by Crippen LogP contribution is 2.56. The summed E-state index contributed by atoms with van der Waals surface area (Å²) in [6.07, 6.45) is 5.37. The highest BCUT2D eigenvalue weighted by Gasteiger charge is 2.59. The largest absolute Gasteiger partial charge is 0.299 e. The summed E-state index contributed by atoms with van der Waals surface area (Å²) in [7, 11) is 0. The molecule has 3 aliphatic heterocycles. The van der Waals surface area contributed by atoms with E-state index in [1.165, 1.54) is 55.7 Å². The second-order valence-electron chi connectivity index (χ2n) is 6.44. The molecule has 2 heteroatoms. The second-order valence-corrected chi connectivity index (χ2v) is 6.44. The van der Waals surface area contributed by atoms with Crippen LogP contribution in [0.25, 0.3) is 0 Å². The molecule has 0 aromatic heterocycles. The summed E-state index contributed by atoms with van der Waals surface area (Å²) in [5, 5.41) is 0. The van der Waals surface area contributed by atoms with Crippen LogP contribution in [0.3, 0.4) is 0 Å². The molecule has 1 spiro atoms. The zero-order valence-corrected chi connectivity index (χ0v) is 10.6. The molecule has 0 unspecified atom stereocenters. The molecule has 18 heavy (non-hydrogen) atoms. The summed E-state index contributed by atoms with van der Waals surface area (Å²) in [6, 6.07) is 9.64. The van der Waals surface area contributed by atoms with Crippen LogP contribution in [0.5, 0.6) is 0 Å². The van der Waals surface area contributed by atoms with Crippen LogP contribution in [-0.2, 0) is 5.41 Å². The normalized spacial score (nSPS) is 40.3. The maximum absolute atomic E-state index is 5.02. The number of fused-ring (bicyclic) bond motifs is 2. The molecule has 0 N–H and O–H groups in total. The number of rotatable bonds is 0. The molecule has 3 atom stereocenters. The van der Waals surface area contributed by atoms with Gasteiger partial charge in [0.2, 0.25) is 0 Å². The van der Waals surface area contributed by atoms with Crippen molar-refractivity contribution in [3.63, 3.8) is 0 Å². The molecule has 1 aromatic rings. The quantitative estimate of drug-likeness (QED) is 0.678. The summed E-state index contributed by atoms with van der Waals surface area (Å²) in [4.78, 5) is 7.76. The molecule has 1 aliphatic carbocycles. The van der Waals surface area contributed by atoms with Crippen LogP contribution in [0.2, 0.25) is 0 Å². The highest BCUT2D eigenvalue weighted by atomic mass is 15.2. The lowest BCUT2D eigenvalue weighted by Crippen LogP contribution is -2.54. The lowest BCUT2D eigenvalue weighted by atomic mass is 9.62. The standard InChI is InChI=1S/C16H18N2/c1-2-4-13-12(3-1)16-6-8-18-7-5-11(10-15(16)18)9-14(16)17-13/h1-4,11,15H,5-10H2/t11-,15-,16-/m0/s1. The predicted molar refractivity (Wildman–Crippen MR) is 72.5 cm³/mol. The smallest absolute Gasteiger partial charge is 0.0671 e. The van der Waals surface area contributed by atoms with Gasteiger partial charge in [-0.1, -0.05) is 18.2 Å². The van der Waals surface area contributed by atoms with Gasteiger partial charge in [-0.2, -0.15) is 0 Å². The van der Waals surface area contributed by atoms with E-state index < -0.39 is 0 Å². The molecule has 2 nitrogen and oxygen atoms in total. The molecule has 92 valence electrons. The molecule has 5 rings (SSSR count). The number of piperidine rings is 1. The van der Waals surface area contributed by atoms with Crippen LogP contribution in [-0.4, -0.2) is 29.7 Å². The summed E-state index contributed by atoms with van der Waals surface area (Å²) >= 11 is 0. The van der Waals surface area contributed by atoms with Gasteiger partial charge >= 0.3 is 0 Å². The van der Waals surface area contributed by atoms with Crippen LogP contribution in [0.4, 0.5) is 5.69 Å². The molecule has 2 saturated heterocycles. The monoisotopic (exact) mass is 238 g/mol. The minimum absolute atomic E-state index is 0.313. The molecular formula is C16H18N2. The number of para-hydroxylation sites is 1. The summed E-state index contributed by atoms with van der Waals surface area (Å²) in [5.41, 5.74) is 4.63. The first-order valence-corrected chi connectivity index (χ1v) is 7.29. The van der Waals surface area contributed by atoms with Gasteiger partial charge in [-0.15, -0.1) is 0 Å². The van der Waals surface area contributed by atoms with E-state index >= 15 is 0 Å². The van der Waals surface area contributed by atoms with E-state index in [9.17, 15) is 0 Å². The average molecular weight is 238 g/mol. The Balaban J connectivity index is 1.77. The number of nitrogens with zero attached hydrogens (tertiary/aromatic N) is 2. The van der Waals surface area contributed by atoms with Crippen LogP contribution >= 0.6 is 0 Å². The Morgan fingerprint density at radius 1 is 1.22 bits per heavy atom. The van der Waals surface area contributed by atoms with E-state index in [1.807, 2.05) is 0 Å². The van der Waals surface area contributed by atoms with E-state index in [-0.39, 0.29) is 0 Å². The number of benzene rings is 1. The average Bonchev–Trinajstić information content (AvgIpc) is 2.94. The Labute approximate surface area is 108 Å². The molecular weight excluding hydrogens is 220 g/mol. The highest BCUT2D eigenvalue weighted by molar-refractivity contribution is 6.03. The molecule has 3 heterocycles. The van der Waals surface area contributed by atoms with E-state index in [0.717, 1.165) is 12.0 Å². The van der Waals surface area contributed by atoms with Crippen molar-refractivity contribution in [2.45, 2.75) is 37.1 Å². The van der Waals surface area contributed by atoms with Crippen molar-refractivity contribution in [3.05, 3.63) is 29.8 Å². The molecule has 2 bridgehead atoms. The van der Waals surface area contributed by atoms with Gasteiger partial charge in [-0.25, -0.2) is 0 Å².